The largest absolute Gasteiger partial charge is 0.322 e. The van der Waals surface area contributed by atoms with E-state index in [1.54, 1.807) is 12.1 Å². The van der Waals surface area contributed by atoms with Crippen LogP contribution in [0.3, 0.4) is 0 Å². The highest BCUT2D eigenvalue weighted by molar-refractivity contribution is 7.99. The van der Waals surface area contributed by atoms with Crippen LogP contribution in [0.2, 0.25) is 0 Å². The maximum atomic E-state index is 12.5. The quantitative estimate of drug-likeness (QED) is 0.525. The van der Waals surface area contributed by atoms with Crippen LogP contribution >= 0.6 is 11.8 Å². The van der Waals surface area contributed by atoms with Gasteiger partial charge in [0.1, 0.15) is 0 Å². The number of anilines is 1. The van der Waals surface area contributed by atoms with Gasteiger partial charge in [0.25, 0.3) is 5.91 Å². The highest BCUT2D eigenvalue weighted by Crippen LogP contribution is 2.26. The molecule has 1 aliphatic carbocycles. The number of hydrogen-bond acceptors (Lipinski definition) is 6. The summed E-state index contributed by atoms with van der Waals surface area (Å²) in [6.45, 7) is 3.87. The Hall–Kier alpha value is -2.75. The molecular weight excluding hydrogens is 432 g/mol. The first-order valence-electron chi connectivity index (χ1n) is 9.82. The molecule has 1 aliphatic rings. The van der Waals surface area contributed by atoms with E-state index >= 15 is 0 Å². The number of benzene rings is 2. The third-order valence-electron chi connectivity index (χ3n) is 4.61. The highest BCUT2D eigenvalue weighted by Gasteiger charge is 2.27. The smallest absolute Gasteiger partial charge is 0.255 e. The van der Waals surface area contributed by atoms with Crippen molar-refractivity contribution in [2.75, 3.05) is 5.32 Å². The van der Waals surface area contributed by atoms with Gasteiger partial charge in [-0.3, -0.25) is 4.79 Å². The van der Waals surface area contributed by atoms with E-state index in [1.165, 1.54) is 36.0 Å². The van der Waals surface area contributed by atoms with Crippen LogP contribution in [0.25, 0.3) is 0 Å². The van der Waals surface area contributed by atoms with Gasteiger partial charge < -0.3 is 5.32 Å². The topological polar surface area (TPSA) is 101 Å². The van der Waals surface area contributed by atoms with E-state index in [0.29, 0.717) is 16.4 Å². The summed E-state index contributed by atoms with van der Waals surface area (Å²) in [5.74, 6) is -0.308. The van der Waals surface area contributed by atoms with Crippen molar-refractivity contribution in [1.82, 2.24) is 14.7 Å². The zero-order valence-electron chi connectivity index (χ0n) is 17.1. The van der Waals surface area contributed by atoms with Crippen molar-refractivity contribution in [1.29, 1.82) is 0 Å². The van der Waals surface area contributed by atoms with E-state index in [0.717, 1.165) is 29.1 Å². The number of hydrogen-bond donors (Lipinski definition) is 2. The molecule has 0 aliphatic heterocycles. The summed E-state index contributed by atoms with van der Waals surface area (Å²) < 4.78 is 27.1. The predicted octanol–water partition coefficient (Wildman–Crippen LogP) is 3.94. The van der Waals surface area contributed by atoms with Crippen LogP contribution in [0.4, 0.5) is 5.69 Å². The van der Waals surface area contributed by atoms with Gasteiger partial charge in [0, 0.05) is 33.6 Å². The predicted molar refractivity (Wildman–Crippen MR) is 120 cm³/mol. The third-order valence-corrected chi connectivity index (χ3v) is 7.02. The average Bonchev–Trinajstić information content (AvgIpc) is 3.52. The Morgan fingerprint density at radius 2 is 1.58 bits per heavy atom. The molecule has 31 heavy (non-hydrogen) atoms. The van der Waals surface area contributed by atoms with Gasteiger partial charge in [-0.25, -0.2) is 23.1 Å². The highest BCUT2D eigenvalue weighted by atomic mass is 32.2. The summed E-state index contributed by atoms with van der Waals surface area (Å²) in [5, 5.41) is 3.50. The normalized spacial score (nSPS) is 13.7. The van der Waals surface area contributed by atoms with Crippen molar-refractivity contribution in [3.63, 3.8) is 0 Å². The van der Waals surface area contributed by atoms with Crippen molar-refractivity contribution in [3.05, 3.63) is 71.5 Å². The number of carbonyl (C=O) groups is 1. The first-order chi connectivity index (χ1) is 14.8. The molecule has 1 amide bonds. The SMILES string of the molecule is Cc1cc(C)nc(Sc2ccc(NC(=O)c3ccc(S(=O)(=O)NC4CC4)cc3)cc2)n1. The number of aryl methyl sites for hydroxylation is 2. The van der Waals surface area contributed by atoms with Crippen molar-refractivity contribution in [2.24, 2.45) is 0 Å². The minimum Gasteiger partial charge on any atom is -0.322 e. The average molecular weight is 455 g/mol. The lowest BCUT2D eigenvalue weighted by molar-refractivity contribution is 0.102. The summed E-state index contributed by atoms with van der Waals surface area (Å²) in [4.78, 5) is 22.5. The molecule has 9 heteroatoms. The maximum Gasteiger partial charge on any atom is 0.255 e. The molecule has 0 atom stereocenters. The molecule has 1 saturated carbocycles. The molecule has 1 heterocycles. The van der Waals surface area contributed by atoms with E-state index in [2.05, 4.69) is 20.0 Å². The zero-order chi connectivity index (χ0) is 22.0. The Morgan fingerprint density at radius 1 is 0.968 bits per heavy atom. The molecule has 2 N–H and O–H groups in total. The second-order valence-electron chi connectivity index (χ2n) is 7.43. The molecule has 2 aromatic carbocycles. The molecule has 7 nitrogen and oxygen atoms in total. The molecular formula is C22H22N4O3S2. The Labute approximate surface area is 185 Å². The Morgan fingerprint density at radius 3 is 2.16 bits per heavy atom. The van der Waals surface area contributed by atoms with Gasteiger partial charge in [-0.1, -0.05) is 0 Å². The third kappa shape index (κ3) is 5.69. The first-order valence-corrected chi connectivity index (χ1v) is 12.1. The van der Waals surface area contributed by atoms with Gasteiger partial charge in [0.15, 0.2) is 5.16 Å². The lowest BCUT2D eigenvalue weighted by Crippen LogP contribution is -2.25. The van der Waals surface area contributed by atoms with Gasteiger partial charge in [0.2, 0.25) is 10.0 Å². The molecule has 0 spiro atoms. The van der Waals surface area contributed by atoms with E-state index < -0.39 is 10.0 Å². The second kappa shape index (κ2) is 8.78. The van der Waals surface area contributed by atoms with Crippen LogP contribution in [0.5, 0.6) is 0 Å². The number of carbonyl (C=O) groups excluding carboxylic acids is 1. The van der Waals surface area contributed by atoms with Crippen LogP contribution in [-0.4, -0.2) is 30.3 Å². The molecule has 3 aromatic rings. The molecule has 4 rings (SSSR count). The van der Waals surface area contributed by atoms with E-state index in [4.69, 9.17) is 0 Å². The van der Waals surface area contributed by atoms with Gasteiger partial charge in [-0.2, -0.15) is 0 Å². The molecule has 1 aromatic heterocycles. The molecule has 0 saturated heterocycles. The summed E-state index contributed by atoms with van der Waals surface area (Å²) in [7, 11) is -3.53. The molecule has 0 bridgehead atoms. The van der Waals surface area contributed by atoms with Crippen molar-refractivity contribution in [2.45, 2.75) is 47.7 Å². The van der Waals surface area contributed by atoms with Gasteiger partial charge >= 0.3 is 0 Å². The number of sulfonamides is 1. The summed E-state index contributed by atoms with van der Waals surface area (Å²) in [6.07, 6.45) is 1.74. The standard InChI is InChI=1S/C22H22N4O3S2/c1-14-13-15(2)24-22(23-14)30-19-9-7-17(8-10-19)25-21(27)16-3-11-20(12-4-16)31(28,29)26-18-5-6-18/h3-4,7-13,18,26H,5-6H2,1-2H3,(H,25,27). The number of rotatable bonds is 7. The fourth-order valence-corrected chi connectivity index (χ4v) is 5.10. The zero-order valence-corrected chi connectivity index (χ0v) is 18.8. The van der Waals surface area contributed by atoms with Crippen molar-refractivity contribution in [3.8, 4) is 0 Å². The van der Waals surface area contributed by atoms with Gasteiger partial charge in [-0.15, -0.1) is 0 Å². The van der Waals surface area contributed by atoms with E-state index in [1.807, 2.05) is 32.0 Å². The van der Waals surface area contributed by atoms with Crippen LogP contribution < -0.4 is 10.0 Å². The number of amides is 1. The number of nitrogens with one attached hydrogen (secondary N) is 2. The van der Waals surface area contributed by atoms with E-state index in [-0.39, 0.29) is 16.8 Å². The van der Waals surface area contributed by atoms with Crippen molar-refractivity contribution >= 4 is 33.4 Å². The number of aromatic nitrogens is 2. The molecule has 0 radical (unpaired) electrons. The number of nitrogens with zero attached hydrogens (tertiary/aromatic N) is 2. The van der Waals surface area contributed by atoms with Crippen LogP contribution in [0.1, 0.15) is 34.6 Å². The van der Waals surface area contributed by atoms with Crippen LogP contribution in [-0.2, 0) is 10.0 Å². The second-order valence-corrected chi connectivity index (χ2v) is 10.2. The molecule has 160 valence electrons. The Bertz CT molecular complexity index is 1190. The van der Waals surface area contributed by atoms with E-state index in [9.17, 15) is 13.2 Å². The lowest BCUT2D eigenvalue weighted by atomic mass is 10.2. The Balaban J connectivity index is 1.39. The minimum absolute atomic E-state index is 0.0376. The summed E-state index contributed by atoms with van der Waals surface area (Å²) in [5.41, 5.74) is 2.86. The fourth-order valence-electron chi connectivity index (χ4n) is 2.93. The maximum absolute atomic E-state index is 12.5. The van der Waals surface area contributed by atoms with Gasteiger partial charge in [-0.05, 0) is 93.0 Å². The fraction of sp³-hybridized carbons (Fsp3) is 0.227. The summed E-state index contributed by atoms with van der Waals surface area (Å²) in [6, 6.07) is 15.3. The molecule has 0 unspecified atom stereocenters. The molecule has 1 fully saturated rings. The lowest BCUT2D eigenvalue weighted by Gasteiger charge is -2.08. The van der Waals surface area contributed by atoms with Crippen LogP contribution in [0, 0.1) is 13.8 Å². The van der Waals surface area contributed by atoms with Gasteiger partial charge in [0.05, 0.1) is 4.90 Å². The van der Waals surface area contributed by atoms with Crippen LogP contribution in [0.15, 0.2) is 69.5 Å². The minimum atomic E-state index is -3.53. The first kappa shape index (κ1) is 21.5. The summed E-state index contributed by atoms with van der Waals surface area (Å²) >= 11 is 1.45. The monoisotopic (exact) mass is 454 g/mol. The Kier molecular flexibility index (Phi) is 6.08. The van der Waals surface area contributed by atoms with Crippen molar-refractivity contribution < 1.29 is 13.2 Å².